The number of rotatable bonds is 3. The van der Waals surface area contributed by atoms with Crippen LogP contribution in [0.1, 0.15) is 13.3 Å². The summed E-state index contributed by atoms with van der Waals surface area (Å²) in [4.78, 5) is 1.47. The molecule has 0 aliphatic carbocycles. The second-order valence-corrected chi connectivity index (χ2v) is 6.57. The standard InChI is InChI=1S/C9H19NO2S.ClH/c1-4-8-5-10(2)6-9(8)7-13(3,11)12;/h8-9H,4-7H2,1-3H3;1H. The van der Waals surface area contributed by atoms with Gasteiger partial charge >= 0.3 is 0 Å². The monoisotopic (exact) mass is 241 g/mol. The lowest BCUT2D eigenvalue weighted by atomic mass is 9.96. The van der Waals surface area contributed by atoms with Crippen LogP contribution >= 0.6 is 0 Å². The zero-order valence-corrected chi connectivity index (χ0v) is 10.7. The van der Waals surface area contributed by atoms with Crippen LogP contribution in [-0.4, -0.2) is 40.6 Å². The van der Waals surface area contributed by atoms with Crippen molar-refractivity contribution < 1.29 is 25.7 Å². The fourth-order valence-corrected chi connectivity index (χ4v) is 3.54. The van der Waals surface area contributed by atoms with Crippen LogP contribution in [0.25, 0.3) is 0 Å². The van der Waals surface area contributed by atoms with Gasteiger partial charge in [0.1, 0.15) is 9.84 Å². The number of sulfone groups is 1. The number of hydrogen-bond donors (Lipinski definition) is 1. The Morgan fingerprint density at radius 2 is 1.79 bits per heavy atom. The van der Waals surface area contributed by atoms with Crippen LogP contribution in [0.3, 0.4) is 0 Å². The van der Waals surface area contributed by atoms with Gasteiger partial charge in [-0.2, -0.15) is 0 Å². The van der Waals surface area contributed by atoms with Crippen molar-refractivity contribution in [2.75, 3.05) is 32.1 Å². The van der Waals surface area contributed by atoms with Crippen LogP contribution in [0.15, 0.2) is 0 Å². The van der Waals surface area contributed by atoms with Gasteiger partial charge in [-0.05, 0) is 6.42 Å². The minimum Gasteiger partial charge on any atom is -1.00 e. The molecule has 3 unspecified atom stereocenters. The van der Waals surface area contributed by atoms with Crippen molar-refractivity contribution in [1.82, 2.24) is 0 Å². The van der Waals surface area contributed by atoms with Crippen molar-refractivity contribution in [3.8, 4) is 0 Å². The first-order valence-corrected chi connectivity index (χ1v) is 6.97. The van der Waals surface area contributed by atoms with Crippen LogP contribution in [0.4, 0.5) is 0 Å². The van der Waals surface area contributed by atoms with Gasteiger partial charge in [0.2, 0.25) is 0 Å². The first-order valence-electron chi connectivity index (χ1n) is 4.91. The summed E-state index contributed by atoms with van der Waals surface area (Å²) in [5.74, 6) is 1.37. The molecule has 1 rings (SSSR count). The number of quaternary nitrogens is 1. The Balaban J connectivity index is 0.00000169. The van der Waals surface area contributed by atoms with Gasteiger partial charge in [-0.15, -0.1) is 0 Å². The number of hydrogen-bond acceptors (Lipinski definition) is 2. The van der Waals surface area contributed by atoms with Gasteiger partial charge in [0.25, 0.3) is 0 Å². The van der Waals surface area contributed by atoms with E-state index in [1.807, 2.05) is 0 Å². The highest BCUT2D eigenvalue weighted by Crippen LogP contribution is 2.18. The molecule has 1 heterocycles. The minimum absolute atomic E-state index is 0. The molecule has 0 bridgehead atoms. The van der Waals surface area contributed by atoms with Crippen molar-refractivity contribution in [3.63, 3.8) is 0 Å². The molecule has 5 heteroatoms. The fourth-order valence-electron chi connectivity index (χ4n) is 2.37. The lowest BCUT2D eigenvalue weighted by Gasteiger charge is -2.11. The van der Waals surface area contributed by atoms with E-state index in [4.69, 9.17) is 0 Å². The summed E-state index contributed by atoms with van der Waals surface area (Å²) < 4.78 is 22.3. The molecule has 0 aromatic rings. The molecule has 86 valence electrons. The largest absolute Gasteiger partial charge is 1.00 e. The second-order valence-electron chi connectivity index (χ2n) is 4.39. The first-order chi connectivity index (χ1) is 5.92. The third-order valence-electron chi connectivity index (χ3n) is 2.93. The molecule has 0 amide bonds. The maximum absolute atomic E-state index is 11.1. The molecule has 14 heavy (non-hydrogen) atoms. The molecular formula is C9H20ClNO2S. The lowest BCUT2D eigenvalue weighted by molar-refractivity contribution is -0.869. The van der Waals surface area contributed by atoms with Gasteiger partial charge in [-0.1, -0.05) is 6.92 Å². The Morgan fingerprint density at radius 3 is 2.21 bits per heavy atom. The predicted octanol–water partition coefficient (Wildman–Crippen LogP) is -3.79. The molecule has 3 atom stereocenters. The average molecular weight is 242 g/mol. The molecule has 0 radical (unpaired) electrons. The van der Waals surface area contributed by atoms with E-state index in [0.29, 0.717) is 17.6 Å². The molecule has 1 saturated heterocycles. The second kappa shape index (κ2) is 5.33. The van der Waals surface area contributed by atoms with Crippen molar-refractivity contribution in [2.45, 2.75) is 13.3 Å². The van der Waals surface area contributed by atoms with E-state index < -0.39 is 9.84 Å². The summed E-state index contributed by atoms with van der Waals surface area (Å²) in [5.41, 5.74) is 0. The predicted molar refractivity (Wildman–Crippen MR) is 53.6 cm³/mol. The summed E-state index contributed by atoms with van der Waals surface area (Å²) in [6.45, 7) is 4.31. The van der Waals surface area contributed by atoms with E-state index in [2.05, 4.69) is 14.0 Å². The normalized spacial score (nSPS) is 32.6. The van der Waals surface area contributed by atoms with E-state index >= 15 is 0 Å². The maximum atomic E-state index is 11.1. The van der Waals surface area contributed by atoms with E-state index in [-0.39, 0.29) is 12.4 Å². The number of nitrogens with one attached hydrogen (secondary N) is 1. The maximum Gasteiger partial charge on any atom is 0.147 e. The molecule has 0 saturated carbocycles. The van der Waals surface area contributed by atoms with Crippen LogP contribution in [0, 0.1) is 11.8 Å². The molecule has 0 aromatic heterocycles. The third kappa shape index (κ3) is 4.15. The quantitative estimate of drug-likeness (QED) is 0.551. The smallest absolute Gasteiger partial charge is 0.147 e. The highest BCUT2D eigenvalue weighted by molar-refractivity contribution is 7.90. The molecular weight excluding hydrogens is 222 g/mol. The Hall–Kier alpha value is 0.200. The van der Waals surface area contributed by atoms with Crippen molar-refractivity contribution in [2.24, 2.45) is 11.8 Å². The molecule has 3 nitrogen and oxygen atoms in total. The van der Waals surface area contributed by atoms with Crippen molar-refractivity contribution in [1.29, 1.82) is 0 Å². The first kappa shape index (κ1) is 14.2. The summed E-state index contributed by atoms with van der Waals surface area (Å²) >= 11 is 0. The molecule has 1 fully saturated rings. The highest BCUT2D eigenvalue weighted by atomic mass is 35.5. The third-order valence-corrected chi connectivity index (χ3v) is 3.96. The van der Waals surface area contributed by atoms with Gasteiger partial charge in [0.15, 0.2) is 0 Å². The topological polar surface area (TPSA) is 38.6 Å². The van der Waals surface area contributed by atoms with Gasteiger partial charge < -0.3 is 17.3 Å². The SMILES string of the molecule is CCC1C[NH+](C)CC1CS(C)(=O)=O.[Cl-]. The van der Waals surface area contributed by atoms with Crippen molar-refractivity contribution >= 4 is 9.84 Å². The Kier molecular flexibility index (Phi) is 5.41. The zero-order chi connectivity index (χ0) is 10.1. The van der Waals surface area contributed by atoms with Crippen LogP contribution in [0.2, 0.25) is 0 Å². The van der Waals surface area contributed by atoms with Crippen LogP contribution < -0.4 is 17.3 Å². The Bertz CT molecular complexity index is 266. The van der Waals surface area contributed by atoms with E-state index in [0.717, 1.165) is 19.5 Å². The van der Waals surface area contributed by atoms with E-state index in [1.54, 1.807) is 0 Å². The number of halogens is 1. The minimum atomic E-state index is -2.79. The Morgan fingerprint density at radius 1 is 1.29 bits per heavy atom. The van der Waals surface area contributed by atoms with Gasteiger partial charge in [-0.3, -0.25) is 0 Å². The molecule has 0 aromatic carbocycles. The van der Waals surface area contributed by atoms with Crippen LogP contribution in [0.5, 0.6) is 0 Å². The average Bonchev–Trinajstić information content (AvgIpc) is 2.27. The Labute approximate surface area is 93.2 Å². The highest BCUT2D eigenvalue weighted by Gasteiger charge is 2.34. The van der Waals surface area contributed by atoms with E-state index in [9.17, 15) is 8.42 Å². The molecule has 1 aliphatic heterocycles. The van der Waals surface area contributed by atoms with E-state index in [1.165, 1.54) is 11.2 Å². The summed E-state index contributed by atoms with van der Waals surface area (Å²) in [7, 11) is -0.644. The summed E-state index contributed by atoms with van der Waals surface area (Å²) in [6.07, 6.45) is 2.45. The lowest BCUT2D eigenvalue weighted by Crippen LogP contribution is -3.07. The zero-order valence-electron chi connectivity index (χ0n) is 9.09. The van der Waals surface area contributed by atoms with Gasteiger partial charge in [-0.25, -0.2) is 8.42 Å². The fraction of sp³-hybridized carbons (Fsp3) is 1.00. The molecule has 1 N–H and O–H groups in total. The summed E-state index contributed by atoms with van der Waals surface area (Å²) in [5, 5.41) is 0. The van der Waals surface area contributed by atoms with Crippen LogP contribution in [-0.2, 0) is 9.84 Å². The number of likely N-dealkylation sites (tertiary alicyclic amines) is 1. The summed E-state index contributed by atoms with van der Waals surface area (Å²) in [6, 6.07) is 0. The van der Waals surface area contributed by atoms with Gasteiger partial charge in [0, 0.05) is 18.1 Å². The molecule has 1 aliphatic rings. The molecule has 0 spiro atoms. The van der Waals surface area contributed by atoms with Crippen molar-refractivity contribution in [3.05, 3.63) is 0 Å². The van der Waals surface area contributed by atoms with Gasteiger partial charge in [0.05, 0.1) is 25.9 Å².